The average molecular weight is 189 g/mol. The first-order valence-corrected chi connectivity index (χ1v) is 4.31. The fourth-order valence-corrected chi connectivity index (χ4v) is 1.17. The van der Waals surface area contributed by atoms with Crippen LogP contribution in [-0.2, 0) is 6.32 Å². The highest BCUT2D eigenvalue weighted by molar-refractivity contribution is 6.08. The second-order valence-electron chi connectivity index (χ2n) is 2.85. The van der Waals surface area contributed by atoms with Crippen LogP contribution in [0.25, 0.3) is 0 Å². The highest BCUT2D eigenvalue weighted by atomic mass is 16.5. The molecular weight excluding hydrogens is 177 g/mol. The Hall–Kier alpha value is -1.45. The Balaban J connectivity index is 3.10. The van der Waals surface area contributed by atoms with Crippen LogP contribution in [0.3, 0.4) is 0 Å². The number of ether oxygens (including phenoxy) is 1. The van der Waals surface area contributed by atoms with E-state index in [1.807, 2.05) is 6.07 Å². The number of rotatable bonds is 3. The summed E-state index contributed by atoms with van der Waals surface area (Å²) in [4.78, 5) is 11.3. The zero-order chi connectivity index (χ0) is 10.6. The van der Waals surface area contributed by atoms with E-state index in [9.17, 15) is 4.79 Å². The Kier molecular flexibility index (Phi) is 3.57. The predicted molar refractivity (Wildman–Crippen MR) is 55.8 cm³/mol. The molecule has 1 aromatic carbocycles. The molecule has 0 heterocycles. The van der Waals surface area contributed by atoms with Crippen molar-refractivity contribution in [3.63, 3.8) is 0 Å². The minimum atomic E-state index is -0.140. The fraction of sp³-hybridized carbons (Fsp3) is 0.300. The van der Waals surface area contributed by atoms with Crippen molar-refractivity contribution in [1.82, 2.24) is 5.32 Å². The Bertz CT molecular complexity index is 317. The smallest absolute Gasteiger partial charge is 0.251 e. The van der Waals surface area contributed by atoms with Gasteiger partial charge in [-0.2, -0.15) is 0 Å². The highest BCUT2D eigenvalue weighted by Crippen LogP contribution is 2.16. The van der Waals surface area contributed by atoms with E-state index in [0.29, 0.717) is 17.6 Å². The molecule has 0 spiro atoms. The molecule has 4 heteroatoms. The maximum atomic E-state index is 11.3. The molecule has 0 saturated heterocycles. The molecule has 0 unspecified atom stereocenters. The normalized spacial score (nSPS) is 9.57. The largest absolute Gasteiger partial charge is 0.497 e. The molecule has 1 N–H and O–H groups in total. The van der Waals surface area contributed by atoms with E-state index < -0.39 is 0 Å². The second-order valence-corrected chi connectivity index (χ2v) is 2.85. The van der Waals surface area contributed by atoms with Crippen molar-refractivity contribution in [2.75, 3.05) is 14.2 Å². The molecule has 0 aliphatic heterocycles. The molecule has 1 rings (SSSR count). The number of carbonyl (C=O) groups is 1. The lowest BCUT2D eigenvalue weighted by Gasteiger charge is -2.06. The number of nitrogens with one attached hydrogen (secondary N) is 1. The molecule has 0 bridgehead atoms. The van der Waals surface area contributed by atoms with Gasteiger partial charge in [-0.25, -0.2) is 0 Å². The van der Waals surface area contributed by atoms with Crippen LogP contribution < -0.4 is 10.1 Å². The SMILES string of the molecule is [B]Cc1cc(OC)cc(C(=O)NC)c1. The Morgan fingerprint density at radius 2 is 2.21 bits per heavy atom. The lowest BCUT2D eigenvalue weighted by molar-refractivity contribution is 0.0962. The van der Waals surface area contributed by atoms with Crippen LogP contribution >= 0.6 is 0 Å². The summed E-state index contributed by atoms with van der Waals surface area (Å²) in [6.45, 7) is 0. The van der Waals surface area contributed by atoms with Crippen LogP contribution in [-0.4, -0.2) is 27.9 Å². The van der Waals surface area contributed by atoms with Crippen molar-refractivity contribution < 1.29 is 9.53 Å². The molecule has 14 heavy (non-hydrogen) atoms. The molecule has 0 fully saturated rings. The van der Waals surface area contributed by atoms with Crippen LogP contribution in [0, 0.1) is 0 Å². The van der Waals surface area contributed by atoms with Crippen molar-refractivity contribution in [3.8, 4) is 5.75 Å². The van der Waals surface area contributed by atoms with E-state index in [1.54, 1.807) is 26.3 Å². The van der Waals surface area contributed by atoms with E-state index in [2.05, 4.69) is 5.32 Å². The minimum absolute atomic E-state index is 0.140. The van der Waals surface area contributed by atoms with Crippen LogP contribution in [0.1, 0.15) is 15.9 Å². The molecular formula is C10H12BNO2. The third kappa shape index (κ3) is 2.28. The quantitative estimate of drug-likeness (QED) is 0.711. The lowest BCUT2D eigenvalue weighted by atomic mass is 9.95. The summed E-state index contributed by atoms with van der Waals surface area (Å²) >= 11 is 0. The third-order valence-corrected chi connectivity index (χ3v) is 1.93. The number of methoxy groups -OCH3 is 1. The standard InChI is InChI=1S/C10H12BNO2/c1-12-10(13)8-3-7(6-11)4-9(5-8)14-2/h3-5H,6H2,1-2H3,(H,12,13). The van der Waals surface area contributed by atoms with Crippen LogP contribution in [0.15, 0.2) is 18.2 Å². The van der Waals surface area contributed by atoms with E-state index in [0.717, 1.165) is 5.56 Å². The molecule has 0 aliphatic rings. The minimum Gasteiger partial charge on any atom is -0.497 e. The molecule has 1 amide bonds. The summed E-state index contributed by atoms with van der Waals surface area (Å²) < 4.78 is 5.06. The zero-order valence-electron chi connectivity index (χ0n) is 8.33. The van der Waals surface area contributed by atoms with Crippen molar-refractivity contribution in [1.29, 1.82) is 0 Å². The molecule has 0 saturated carbocycles. The van der Waals surface area contributed by atoms with Gasteiger partial charge in [-0.15, -0.1) is 0 Å². The number of hydrogen-bond acceptors (Lipinski definition) is 2. The van der Waals surface area contributed by atoms with Crippen LogP contribution in [0.5, 0.6) is 5.75 Å². The maximum absolute atomic E-state index is 11.3. The number of benzene rings is 1. The highest BCUT2D eigenvalue weighted by Gasteiger charge is 2.06. The van der Waals surface area contributed by atoms with Crippen molar-refractivity contribution in [2.24, 2.45) is 0 Å². The molecule has 1 aromatic rings. The second kappa shape index (κ2) is 4.70. The van der Waals surface area contributed by atoms with Gasteiger partial charge in [0.2, 0.25) is 0 Å². The Morgan fingerprint density at radius 3 is 2.71 bits per heavy atom. The zero-order valence-corrected chi connectivity index (χ0v) is 8.33. The third-order valence-electron chi connectivity index (χ3n) is 1.93. The van der Waals surface area contributed by atoms with Gasteiger partial charge in [0.15, 0.2) is 0 Å². The van der Waals surface area contributed by atoms with E-state index in [1.165, 1.54) is 0 Å². The van der Waals surface area contributed by atoms with Gasteiger partial charge in [-0.3, -0.25) is 4.79 Å². The molecule has 0 atom stereocenters. The first-order chi connectivity index (χ1) is 6.71. The van der Waals surface area contributed by atoms with Crippen molar-refractivity contribution in [2.45, 2.75) is 6.32 Å². The van der Waals surface area contributed by atoms with Gasteiger partial charge in [-0.05, 0) is 18.2 Å². The molecule has 0 aromatic heterocycles. The first-order valence-electron chi connectivity index (χ1n) is 4.31. The summed E-state index contributed by atoms with van der Waals surface area (Å²) in [5.74, 6) is 0.505. The lowest BCUT2D eigenvalue weighted by Crippen LogP contribution is -2.18. The topological polar surface area (TPSA) is 38.3 Å². The average Bonchev–Trinajstić information content (AvgIpc) is 2.27. The van der Waals surface area contributed by atoms with Gasteiger partial charge in [-0.1, -0.05) is 11.9 Å². The number of carbonyl (C=O) groups excluding carboxylic acids is 1. The first kappa shape index (κ1) is 10.6. The van der Waals surface area contributed by atoms with Gasteiger partial charge in [0, 0.05) is 12.6 Å². The molecule has 3 nitrogen and oxygen atoms in total. The Labute approximate surface area is 84.9 Å². The van der Waals surface area contributed by atoms with Crippen molar-refractivity contribution >= 4 is 13.8 Å². The molecule has 2 radical (unpaired) electrons. The monoisotopic (exact) mass is 189 g/mol. The summed E-state index contributed by atoms with van der Waals surface area (Å²) in [5, 5.41) is 2.55. The predicted octanol–water partition coefficient (Wildman–Crippen LogP) is 0.723. The summed E-state index contributed by atoms with van der Waals surface area (Å²) in [7, 11) is 8.64. The van der Waals surface area contributed by atoms with E-state index >= 15 is 0 Å². The Morgan fingerprint density at radius 1 is 1.50 bits per heavy atom. The van der Waals surface area contributed by atoms with Crippen LogP contribution in [0.4, 0.5) is 0 Å². The molecule has 0 aliphatic carbocycles. The summed E-state index contributed by atoms with van der Waals surface area (Å²) in [6, 6.07) is 5.24. The molecule has 72 valence electrons. The van der Waals surface area contributed by atoms with Gasteiger partial charge in [0.25, 0.3) is 5.91 Å². The van der Waals surface area contributed by atoms with Crippen LogP contribution in [0.2, 0.25) is 0 Å². The van der Waals surface area contributed by atoms with Gasteiger partial charge >= 0.3 is 0 Å². The van der Waals surface area contributed by atoms with Gasteiger partial charge < -0.3 is 10.1 Å². The van der Waals surface area contributed by atoms with E-state index in [-0.39, 0.29) is 5.91 Å². The van der Waals surface area contributed by atoms with E-state index in [4.69, 9.17) is 12.6 Å². The number of amides is 1. The van der Waals surface area contributed by atoms with Gasteiger partial charge in [0.1, 0.15) is 5.75 Å². The summed E-state index contributed by atoms with van der Waals surface area (Å²) in [6.07, 6.45) is 0.390. The number of hydrogen-bond donors (Lipinski definition) is 1. The van der Waals surface area contributed by atoms with Gasteiger partial charge in [0.05, 0.1) is 15.0 Å². The fourth-order valence-electron chi connectivity index (χ4n) is 1.17. The van der Waals surface area contributed by atoms with Crippen molar-refractivity contribution in [3.05, 3.63) is 29.3 Å². The summed E-state index contributed by atoms with van der Waals surface area (Å²) in [5.41, 5.74) is 1.44. The maximum Gasteiger partial charge on any atom is 0.251 e.